The van der Waals surface area contributed by atoms with E-state index < -0.39 is 0 Å². The number of nitrogens with one attached hydrogen (secondary N) is 2. The Morgan fingerprint density at radius 3 is 1.34 bits per heavy atom. The van der Waals surface area contributed by atoms with Gasteiger partial charge in [-0.2, -0.15) is 0 Å². The van der Waals surface area contributed by atoms with E-state index in [-0.39, 0.29) is 22.9 Å². The van der Waals surface area contributed by atoms with Crippen LogP contribution < -0.4 is 21.8 Å². The molecule has 56 heavy (non-hydrogen) atoms. The fourth-order valence-corrected chi connectivity index (χ4v) is 10.8. The number of aromatic nitrogens is 2. The Morgan fingerprint density at radius 2 is 0.911 bits per heavy atom. The molecule has 0 unspecified atom stereocenters. The Balaban J connectivity index is 1.01. The van der Waals surface area contributed by atoms with Crippen LogP contribution in [0.4, 0.5) is 0 Å². The number of carbonyl (C=O) groups is 2. The van der Waals surface area contributed by atoms with Gasteiger partial charge in [-0.3, -0.25) is 28.0 Å². The van der Waals surface area contributed by atoms with Gasteiger partial charge in [0.15, 0.2) is 0 Å². The number of unbranched alkanes of at least 4 members (excludes halogenated alkanes) is 10. The van der Waals surface area contributed by atoms with E-state index in [1.54, 1.807) is 22.7 Å². The minimum atomic E-state index is -0.0825. The van der Waals surface area contributed by atoms with Crippen LogP contribution in [-0.4, -0.2) is 33.7 Å². The average molecular weight is 789 g/mol. The van der Waals surface area contributed by atoms with Gasteiger partial charge in [0.05, 0.1) is 31.5 Å². The van der Waals surface area contributed by atoms with Crippen LogP contribution in [0.15, 0.2) is 58.1 Å². The summed E-state index contributed by atoms with van der Waals surface area (Å²) in [6.07, 6.45) is 16.6. The van der Waals surface area contributed by atoms with Crippen LogP contribution in [0.25, 0.3) is 63.8 Å². The highest BCUT2D eigenvalue weighted by Crippen LogP contribution is 2.40. The highest BCUT2D eigenvalue weighted by Gasteiger charge is 2.22. The lowest BCUT2D eigenvalue weighted by Crippen LogP contribution is -2.25. The van der Waals surface area contributed by atoms with Gasteiger partial charge in [-0.1, -0.05) is 90.2 Å². The van der Waals surface area contributed by atoms with Crippen molar-refractivity contribution in [1.82, 2.24) is 19.4 Å². The van der Waals surface area contributed by atoms with Crippen LogP contribution >= 0.6 is 22.7 Å². The molecule has 8 nitrogen and oxygen atoms in total. The molecule has 2 N–H and O–H groups in total. The summed E-state index contributed by atoms with van der Waals surface area (Å²) in [5.74, 6) is 0.224. The van der Waals surface area contributed by atoms with Crippen molar-refractivity contribution in [2.75, 3.05) is 13.1 Å². The summed E-state index contributed by atoms with van der Waals surface area (Å²) in [6.45, 7) is 5.59. The third kappa shape index (κ3) is 7.38. The Labute approximate surface area is 334 Å². The SMILES string of the molecule is CCCCCCCCC(=O)NCCc1cc2c(cc3c4ccc5c(=O)n6c7cc(CCNC(=O)CCCCCCCC)sc7cc6c6ccc(c(=O)n23)c4c56)s1. The van der Waals surface area contributed by atoms with E-state index >= 15 is 0 Å². The normalized spacial score (nSPS) is 12.2. The first kappa shape index (κ1) is 38.3. The predicted octanol–water partition coefficient (Wildman–Crippen LogP) is 10.5. The van der Waals surface area contributed by atoms with E-state index in [9.17, 15) is 19.2 Å². The maximum absolute atomic E-state index is 14.3. The number of rotatable bonds is 20. The summed E-state index contributed by atoms with van der Waals surface area (Å²) in [4.78, 5) is 55.7. The van der Waals surface area contributed by atoms with Crippen molar-refractivity contribution in [2.45, 2.75) is 117 Å². The van der Waals surface area contributed by atoms with E-state index in [4.69, 9.17) is 0 Å². The molecule has 10 heteroatoms. The largest absolute Gasteiger partial charge is 0.356 e. The van der Waals surface area contributed by atoms with Gasteiger partial charge in [-0.15, -0.1) is 22.7 Å². The van der Waals surface area contributed by atoms with E-state index in [1.807, 2.05) is 33.1 Å². The number of nitrogens with zero attached hydrogens (tertiary/aromatic N) is 2. The fourth-order valence-electron chi connectivity index (χ4n) is 8.65. The number of hydrogen-bond donors (Lipinski definition) is 2. The molecule has 0 aliphatic carbocycles. The van der Waals surface area contributed by atoms with Gasteiger partial charge in [-0.05, 0) is 62.1 Å². The van der Waals surface area contributed by atoms with Crippen LogP contribution in [0.5, 0.6) is 0 Å². The third-order valence-electron chi connectivity index (χ3n) is 11.6. The molecule has 0 bridgehead atoms. The average Bonchev–Trinajstić information content (AvgIpc) is 3.95. The molecule has 6 heterocycles. The number of amides is 2. The third-order valence-corrected chi connectivity index (χ3v) is 13.8. The zero-order valence-electron chi connectivity index (χ0n) is 32.7. The minimum Gasteiger partial charge on any atom is -0.356 e. The molecule has 0 saturated carbocycles. The molecular weight excluding hydrogens is 737 g/mol. The topological polar surface area (TPSA) is 101 Å². The lowest BCUT2D eigenvalue weighted by Gasteiger charge is -2.13. The van der Waals surface area contributed by atoms with Gasteiger partial charge in [0, 0.05) is 68.0 Å². The van der Waals surface area contributed by atoms with Crippen LogP contribution in [0.3, 0.4) is 0 Å². The number of fused-ring (bicyclic) bond motifs is 8. The van der Waals surface area contributed by atoms with Gasteiger partial charge in [-0.25, -0.2) is 0 Å². The summed E-state index contributed by atoms with van der Waals surface area (Å²) in [5.41, 5.74) is 3.32. The Morgan fingerprint density at radius 1 is 0.518 bits per heavy atom. The second-order valence-corrected chi connectivity index (χ2v) is 17.9. The molecule has 0 radical (unpaired) electrons. The summed E-state index contributed by atoms with van der Waals surface area (Å²) in [7, 11) is 0. The maximum Gasteiger partial charge on any atom is 0.263 e. The van der Waals surface area contributed by atoms with E-state index in [0.29, 0.717) is 36.7 Å². The first-order valence-corrected chi connectivity index (χ1v) is 22.5. The number of benzene rings is 2. The van der Waals surface area contributed by atoms with E-state index in [2.05, 4.69) is 48.7 Å². The highest BCUT2D eigenvalue weighted by atomic mass is 32.1. The molecule has 0 atom stereocenters. The molecular formula is C46H52N4O4S2. The molecule has 0 aliphatic rings. The lowest BCUT2D eigenvalue weighted by atomic mass is 9.95. The molecule has 0 fully saturated rings. The molecule has 2 amide bonds. The molecule has 8 rings (SSSR count). The summed E-state index contributed by atoms with van der Waals surface area (Å²) in [5, 5.41) is 11.0. The van der Waals surface area contributed by atoms with Gasteiger partial charge >= 0.3 is 0 Å². The van der Waals surface area contributed by atoms with Crippen LogP contribution in [0.1, 0.15) is 113 Å². The summed E-state index contributed by atoms with van der Waals surface area (Å²) < 4.78 is 5.73. The number of hydrogen-bond acceptors (Lipinski definition) is 6. The first-order chi connectivity index (χ1) is 27.4. The summed E-state index contributed by atoms with van der Waals surface area (Å²) in [6, 6.07) is 16.3. The van der Waals surface area contributed by atoms with E-state index in [1.165, 1.54) is 51.4 Å². The Kier molecular flexibility index (Phi) is 11.6. The number of pyridine rings is 2. The van der Waals surface area contributed by atoms with Crippen molar-refractivity contribution >= 4 is 98.3 Å². The van der Waals surface area contributed by atoms with Crippen molar-refractivity contribution in [3.05, 3.63) is 79.0 Å². The zero-order chi connectivity index (χ0) is 38.8. The summed E-state index contributed by atoms with van der Waals surface area (Å²) >= 11 is 3.34. The van der Waals surface area contributed by atoms with Crippen molar-refractivity contribution in [1.29, 1.82) is 0 Å². The number of carbonyl (C=O) groups excluding carboxylic acids is 2. The second-order valence-electron chi connectivity index (χ2n) is 15.6. The quantitative estimate of drug-likeness (QED) is 0.0593. The van der Waals surface area contributed by atoms with Gasteiger partial charge < -0.3 is 10.6 Å². The van der Waals surface area contributed by atoms with Crippen molar-refractivity contribution in [2.24, 2.45) is 0 Å². The van der Waals surface area contributed by atoms with Gasteiger partial charge in [0.25, 0.3) is 11.1 Å². The van der Waals surface area contributed by atoms with Gasteiger partial charge in [0.1, 0.15) is 0 Å². The molecule has 8 aromatic rings. The van der Waals surface area contributed by atoms with E-state index in [0.717, 1.165) is 101 Å². The minimum absolute atomic E-state index is 0.0825. The molecule has 0 spiro atoms. The van der Waals surface area contributed by atoms with Crippen molar-refractivity contribution < 1.29 is 9.59 Å². The van der Waals surface area contributed by atoms with Crippen molar-refractivity contribution in [3.63, 3.8) is 0 Å². The first-order valence-electron chi connectivity index (χ1n) is 20.9. The zero-order valence-corrected chi connectivity index (χ0v) is 34.3. The van der Waals surface area contributed by atoms with Gasteiger partial charge in [0.2, 0.25) is 11.8 Å². The predicted molar refractivity (Wildman–Crippen MR) is 236 cm³/mol. The molecule has 2 aromatic carbocycles. The smallest absolute Gasteiger partial charge is 0.263 e. The standard InChI is InChI=1S/C46H52N4O4S2/c1-3-5-7-9-11-13-15-41(51)47-23-21-29-25-37-39(55-29)27-35-31-17-20-34-44-32(18-19-33(43(31)44)45(53)49(35)37)36-28-40-38(50(36)46(34)54)26-30(56-40)22-24-48-42(52)16-14-12-10-8-6-4-2/h17-20,25-28H,3-16,21-24H2,1-2H3,(H,47,51)(H,48,52). The molecule has 292 valence electrons. The second kappa shape index (κ2) is 16.9. The Bertz CT molecular complexity index is 2600. The fraction of sp³-hybridized carbons (Fsp3) is 0.435. The van der Waals surface area contributed by atoms with Crippen molar-refractivity contribution in [3.8, 4) is 0 Å². The number of thiophene rings is 2. The lowest BCUT2D eigenvalue weighted by molar-refractivity contribution is -0.122. The van der Waals surface area contributed by atoms with Crippen LogP contribution in [0, 0.1) is 0 Å². The monoisotopic (exact) mass is 788 g/mol. The van der Waals surface area contributed by atoms with Crippen LogP contribution in [0.2, 0.25) is 0 Å². The Hall–Kier alpha value is -4.54. The van der Waals surface area contributed by atoms with Crippen LogP contribution in [-0.2, 0) is 22.4 Å². The molecule has 6 aromatic heterocycles. The highest BCUT2D eigenvalue weighted by molar-refractivity contribution is 7.19. The molecule has 0 aliphatic heterocycles. The maximum atomic E-state index is 14.3. The molecule has 0 saturated heterocycles.